The minimum atomic E-state index is -0.0186. The first-order valence-electron chi connectivity index (χ1n) is 6.90. The van der Waals surface area contributed by atoms with Crippen LogP contribution in [0.5, 0.6) is 0 Å². The number of amides is 1. The van der Waals surface area contributed by atoms with Gasteiger partial charge in [0.1, 0.15) is 10.7 Å². The van der Waals surface area contributed by atoms with Crippen LogP contribution < -0.4 is 11.1 Å². The van der Waals surface area contributed by atoms with Crippen LogP contribution in [-0.4, -0.2) is 35.4 Å². The topological polar surface area (TPSA) is 71.2 Å². The van der Waals surface area contributed by atoms with Crippen LogP contribution in [0.3, 0.4) is 0 Å². The van der Waals surface area contributed by atoms with Crippen LogP contribution in [0.2, 0.25) is 0 Å². The molecule has 0 saturated heterocycles. The van der Waals surface area contributed by atoms with Gasteiger partial charge in [-0.25, -0.2) is 4.98 Å². The largest absolute Gasteiger partial charge is 0.382 e. The van der Waals surface area contributed by atoms with Gasteiger partial charge in [-0.05, 0) is 19.3 Å². The van der Waals surface area contributed by atoms with Gasteiger partial charge in [0.15, 0.2) is 5.13 Å². The molecule has 6 heteroatoms. The van der Waals surface area contributed by atoms with Crippen molar-refractivity contribution >= 4 is 28.2 Å². The van der Waals surface area contributed by atoms with Crippen molar-refractivity contribution in [3.05, 3.63) is 4.88 Å². The van der Waals surface area contributed by atoms with Crippen LogP contribution in [0.1, 0.15) is 48.7 Å². The summed E-state index contributed by atoms with van der Waals surface area (Å²) >= 11 is 1.37. The molecule has 1 aromatic heterocycles. The lowest BCUT2D eigenvalue weighted by molar-refractivity contribution is 0.0798. The summed E-state index contributed by atoms with van der Waals surface area (Å²) in [5.41, 5.74) is 5.84. The SMILES string of the molecule is CCCCCN(C)C(=O)c1sc(NC2CC2)nc1N. The first-order valence-corrected chi connectivity index (χ1v) is 7.71. The molecule has 0 aromatic carbocycles. The van der Waals surface area contributed by atoms with Gasteiger partial charge in [-0.1, -0.05) is 31.1 Å². The zero-order chi connectivity index (χ0) is 13.8. The van der Waals surface area contributed by atoms with E-state index in [-0.39, 0.29) is 5.91 Å². The quantitative estimate of drug-likeness (QED) is 0.754. The molecule has 0 spiro atoms. The lowest BCUT2D eigenvalue weighted by atomic mass is 10.2. The van der Waals surface area contributed by atoms with Gasteiger partial charge < -0.3 is 16.0 Å². The number of anilines is 2. The molecule has 106 valence electrons. The van der Waals surface area contributed by atoms with Gasteiger partial charge in [-0.2, -0.15) is 0 Å². The van der Waals surface area contributed by atoms with E-state index in [9.17, 15) is 4.79 Å². The molecular formula is C13H22N4OS. The Balaban J connectivity index is 1.94. The third-order valence-electron chi connectivity index (χ3n) is 3.20. The predicted octanol–water partition coefficient (Wildman–Crippen LogP) is 2.56. The molecule has 0 unspecified atom stereocenters. The summed E-state index contributed by atoms with van der Waals surface area (Å²) in [5, 5.41) is 4.05. The van der Waals surface area contributed by atoms with Crippen molar-refractivity contribution in [1.82, 2.24) is 9.88 Å². The fourth-order valence-corrected chi connectivity index (χ4v) is 2.78. The number of nitrogens with zero attached hydrogens (tertiary/aromatic N) is 2. The highest BCUT2D eigenvalue weighted by molar-refractivity contribution is 7.18. The Morgan fingerprint density at radius 3 is 2.89 bits per heavy atom. The second-order valence-corrected chi connectivity index (χ2v) is 6.08. The highest BCUT2D eigenvalue weighted by Gasteiger charge is 2.25. The molecule has 0 radical (unpaired) electrons. The summed E-state index contributed by atoms with van der Waals surface area (Å²) in [4.78, 5) is 18.8. The predicted molar refractivity (Wildman–Crippen MR) is 79.7 cm³/mol. The summed E-state index contributed by atoms with van der Waals surface area (Å²) in [6, 6.07) is 0.524. The van der Waals surface area contributed by atoms with E-state index in [1.54, 1.807) is 4.90 Å². The first kappa shape index (κ1) is 14.1. The molecule has 1 saturated carbocycles. The second-order valence-electron chi connectivity index (χ2n) is 5.09. The zero-order valence-electron chi connectivity index (χ0n) is 11.6. The maximum absolute atomic E-state index is 12.3. The molecule has 1 aliphatic carbocycles. The normalized spacial score (nSPS) is 14.4. The van der Waals surface area contributed by atoms with Crippen molar-refractivity contribution in [1.29, 1.82) is 0 Å². The van der Waals surface area contributed by atoms with Gasteiger partial charge in [-0.15, -0.1) is 0 Å². The van der Waals surface area contributed by atoms with Crippen LogP contribution in [0.15, 0.2) is 0 Å². The Bertz CT molecular complexity index is 442. The summed E-state index contributed by atoms with van der Waals surface area (Å²) in [6.45, 7) is 2.92. The van der Waals surface area contributed by atoms with E-state index >= 15 is 0 Å². The van der Waals surface area contributed by atoms with Crippen molar-refractivity contribution in [2.75, 3.05) is 24.6 Å². The molecule has 3 N–H and O–H groups in total. The van der Waals surface area contributed by atoms with Gasteiger partial charge in [0, 0.05) is 19.6 Å². The second kappa shape index (κ2) is 6.23. The van der Waals surface area contributed by atoms with Gasteiger partial charge in [0.2, 0.25) is 0 Å². The number of nitrogens with one attached hydrogen (secondary N) is 1. The van der Waals surface area contributed by atoms with Crippen molar-refractivity contribution in [2.45, 2.75) is 45.1 Å². The summed E-state index contributed by atoms with van der Waals surface area (Å²) in [7, 11) is 1.82. The number of carbonyl (C=O) groups excluding carboxylic acids is 1. The Hall–Kier alpha value is -1.30. The summed E-state index contributed by atoms with van der Waals surface area (Å²) in [6.07, 6.45) is 5.69. The van der Waals surface area contributed by atoms with Crippen LogP contribution in [0, 0.1) is 0 Å². The number of rotatable bonds is 7. The number of hydrogen-bond acceptors (Lipinski definition) is 5. The number of nitrogen functional groups attached to an aromatic ring is 1. The zero-order valence-corrected chi connectivity index (χ0v) is 12.4. The highest BCUT2D eigenvalue weighted by atomic mass is 32.1. The fourth-order valence-electron chi connectivity index (χ4n) is 1.82. The van der Waals surface area contributed by atoms with E-state index in [0.29, 0.717) is 16.7 Å². The number of thiazole rings is 1. The molecule has 0 atom stereocenters. The van der Waals surface area contributed by atoms with E-state index in [0.717, 1.165) is 30.9 Å². The number of unbranched alkanes of at least 4 members (excludes halogenated alkanes) is 2. The van der Waals surface area contributed by atoms with E-state index in [4.69, 9.17) is 5.73 Å². The molecular weight excluding hydrogens is 260 g/mol. The van der Waals surface area contributed by atoms with E-state index in [1.165, 1.54) is 24.2 Å². The van der Waals surface area contributed by atoms with E-state index in [1.807, 2.05) is 7.05 Å². The Labute approximate surface area is 118 Å². The summed E-state index contributed by atoms with van der Waals surface area (Å²) in [5.74, 6) is 0.329. The number of carbonyl (C=O) groups is 1. The Kier molecular flexibility index (Phi) is 4.63. The number of aromatic nitrogens is 1. The molecule has 1 amide bonds. The third kappa shape index (κ3) is 3.83. The minimum absolute atomic E-state index is 0.0186. The molecule has 0 bridgehead atoms. The van der Waals surface area contributed by atoms with Crippen molar-refractivity contribution in [3.63, 3.8) is 0 Å². The molecule has 1 aromatic rings. The van der Waals surface area contributed by atoms with Crippen molar-refractivity contribution in [3.8, 4) is 0 Å². The van der Waals surface area contributed by atoms with E-state index < -0.39 is 0 Å². The average molecular weight is 282 g/mol. The first-order chi connectivity index (χ1) is 9.11. The molecule has 1 fully saturated rings. The molecule has 19 heavy (non-hydrogen) atoms. The average Bonchev–Trinajstić information content (AvgIpc) is 3.11. The van der Waals surface area contributed by atoms with Crippen LogP contribution in [0.4, 0.5) is 10.9 Å². The minimum Gasteiger partial charge on any atom is -0.382 e. The molecule has 1 aliphatic rings. The fraction of sp³-hybridized carbons (Fsp3) is 0.692. The molecule has 5 nitrogen and oxygen atoms in total. The monoisotopic (exact) mass is 282 g/mol. The molecule has 1 heterocycles. The number of nitrogens with two attached hydrogens (primary N) is 1. The van der Waals surface area contributed by atoms with E-state index in [2.05, 4.69) is 17.2 Å². The lowest BCUT2D eigenvalue weighted by Gasteiger charge is -2.15. The smallest absolute Gasteiger partial charge is 0.267 e. The number of hydrogen-bond donors (Lipinski definition) is 2. The highest BCUT2D eigenvalue weighted by Crippen LogP contribution is 2.31. The Morgan fingerprint density at radius 2 is 2.26 bits per heavy atom. The lowest BCUT2D eigenvalue weighted by Crippen LogP contribution is -2.27. The summed E-state index contributed by atoms with van der Waals surface area (Å²) < 4.78 is 0. The van der Waals surface area contributed by atoms with Crippen LogP contribution in [0.25, 0.3) is 0 Å². The van der Waals surface area contributed by atoms with Crippen LogP contribution >= 0.6 is 11.3 Å². The van der Waals surface area contributed by atoms with Gasteiger partial charge >= 0.3 is 0 Å². The van der Waals surface area contributed by atoms with Crippen molar-refractivity contribution in [2.24, 2.45) is 0 Å². The maximum atomic E-state index is 12.3. The maximum Gasteiger partial charge on any atom is 0.267 e. The Morgan fingerprint density at radius 1 is 1.53 bits per heavy atom. The standard InChI is InChI=1S/C13H22N4OS/c1-3-4-5-8-17(2)12(18)10-11(14)16-13(19-10)15-9-6-7-9/h9H,3-8,14H2,1-2H3,(H,15,16). The van der Waals surface area contributed by atoms with Gasteiger partial charge in [0.05, 0.1) is 0 Å². The van der Waals surface area contributed by atoms with Crippen LogP contribution in [-0.2, 0) is 0 Å². The molecule has 0 aliphatic heterocycles. The third-order valence-corrected chi connectivity index (χ3v) is 4.19. The molecule has 2 rings (SSSR count). The van der Waals surface area contributed by atoms with Crippen molar-refractivity contribution < 1.29 is 4.79 Å². The van der Waals surface area contributed by atoms with Gasteiger partial charge in [0.25, 0.3) is 5.91 Å². The van der Waals surface area contributed by atoms with Gasteiger partial charge in [-0.3, -0.25) is 4.79 Å².